The molecule has 0 saturated heterocycles. The summed E-state index contributed by atoms with van der Waals surface area (Å²) in [7, 11) is -1.84. The van der Waals surface area contributed by atoms with Gasteiger partial charge in [0.2, 0.25) is 0 Å². The second-order valence-electron chi connectivity index (χ2n) is 6.48. The maximum atomic E-state index is 13.4. The predicted octanol–water partition coefficient (Wildman–Crippen LogP) is 0.321. The number of nitrogens with zero attached hydrogens (tertiary/aromatic N) is 4. The van der Waals surface area contributed by atoms with E-state index in [9.17, 15) is 19.2 Å². The summed E-state index contributed by atoms with van der Waals surface area (Å²) in [6.45, 7) is 0.255. The first kappa shape index (κ1) is 19.5. The fourth-order valence-corrected chi connectivity index (χ4v) is 3.03. The second kappa shape index (κ2) is 7.89. The smallest absolute Gasteiger partial charge is 0.422 e. The van der Waals surface area contributed by atoms with E-state index in [1.807, 2.05) is 0 Å². The van der Waals surface area contributed by atoms with Crippen molar-refractivity contribution in [3.8, 4) is 11.5 Å². The molecule has 11 heteroatoms. The molecule has 5 N–H and O–H groups in total. The van der Waals surface area contributed by atoms with Crippen molar-refractivity contribution in [3.63, 3.8) is 0 Å². The molecule has 0 unspecified atom stereocenters. The van der Waals surface area contributed by atoms with Gasteiger partial charge in [-0.1, -0.05) is 18.2 Å². The van der Waals surface area contributed by atoms with Crippen LogP contribution in [0, 0.1) is 5.82 Å². The van der Waals surface area contributed by atoms with E-state index >= 15 is 0 Å². The van der Waals surface area contributed by atoms with Crippen molar-refractivity contribution < 1.29 is 19.2 Å². The molecule has 0 atom stereocenters. The zero-order chi connectivity index (χ0) is 21.3. The van der Waals surface area contributed by atoms with E-state index in [2.05, 4.69) is 20.3 Å². The van der Waals surface area contributed by atoms with Crippen molar-refractivity contribution in [3.05, 3.63) is 71.9 Å². The number of benzene rings is 1. The molecule has 0 aliphatic rings. The van der Waals surface area contributed by atoms with E-state index < -0.39 is 13.0 Å². The Labute approximate surface area is 170 Å². The van der Waals surface area contributed by atoms with Crippen molar-refractivity contribution in [1.29, 1.82) is 0 Å². The van der Waals surface area contributed by atoms with Gasteiger partial charge in [-0.2, -0.15) is 0 Å². The molecule has 0 saturated carbocycles. The number of primary amides is 1. The zero-order valence-corrected chi connectivity index (χ0v) is 15.5. The molecule has 4 aromatic rings. The number of hydrogen-bond acceptors (Lipinski definition) is 7. The van der Waals surface area contributed by atoms with Crippen molar-refractivity contribution in [1.82, 2.24) is 19.4 Å². The molecule has 0 radical (unpaired) electrons. The Morgan fingerprint density at radius 1 is 1.17 bits per heavy atom. The summed E-state index contributed by atoms with van der Waals surface area (Å²) in [5.74, 6) is -0.577. The van der Waals surface area contributed by atoms with Crippen LogP contribution in [0.5, 0.6) is 0 Å². The van der Waals surface area contributed by atoms with Crippen LogP contribution in [0.2, 0.25) is 0 Å². The molecule has 0 bridgehead atoms. The summed E-state index contributed by atoms with van der Waals surface area (Å²) in [5.41, 5.74) is 7.11. The molecule has 0 spiro atoms. The van der Waals surface area contributed by atoms with Crippen molar-refractivity contribution >= 4 is 30.0 Å². The van der Waals surface area contributed by atoms with E-state index in [1.54, 1.807) is 30.3 Å². The zero-order valence-electron chi connectivity index (χ0n) is 15.5. The van der Waals surface area contributed by atoms with Crippen molar-refractivity contribution in [2.24, 2.45) is 5.73 Å². The third-order valence-corrected chi connectivity index (χ3v) is 4.41. The van der Waals surface area contributed by atoms with Crippen LogP contribution >= 0.6 is 0 Å². The van der Waals surface area contributed by atoms with Crippen LogP contribution in [0.1, 0.15) is 16.1 Å². The lowest BCUT2D eigenvalue weighted by Crippen LogP contribution is -2.33. The summed E-state index contributed by atoms with van der Waals surface area (Å²) in [4.78, 5) is 24.5. The third-order valence-electron chi connectivity index (χ3n) is 4.41. The Balaban J connectivity index is 1.74. The van der Waals surface area contributed by atoms with Crippen LogP contribution in [-0.4, -0.2) is 42.4 Å². The number of carbonyl (C=O) groups excluding carboxylic acids is 1. The maximum absolute atomic E-state index is 13.4. The van der Waals surface area contributed by atoms with E-state index in [0.717, 1.165) is 0 Å². The van der Waals surface area contributed by atoms with Gasteiger partial charge in [0, 0.05) is 6.54 Å². The molecule has 4 rings (SSSR count). The average molecular weight is 406 g/mol. The standard InChI is InChI=1S/C19H16BFN6O3/c21-12-4-1-3-11(7-12)9-23-16-8-15(20(29)30)25-19(26-16)17-13-5-2-6-14(18(22)28)27(13)10-24-17/h1-8,10,29-30H,9H2,(H2,22,28)(H,23,25,26). The summed E-state index contributed by atoms with van der Waals surface area (Å²) < 4.78 is 14.9. The third kappa shape index (κ3) is 3.84. The normalized spacial score (nSPS) is 10.9. The number of amides is 1. The highest BCUT2D eigenvalue weighted by atomic mass is 19.1. The summed E-state index contributed by atoms with van der Waals surface area (Å²) in [5, 5.41) is 22.3. The highest BCUT2D eigenvalue weighted by Gasteiger charge is 2.20. The minimum absolute atomic E-state index is 0.0473. The van der Waals surface area contributed by atoms with Crippen LogP contribution in [0.3, 0.4) is 0 Å². The van der Waals surface area contributed by atoms with Crippen LogP contribution in [0.15, 0.2) is 54.9 Å². The second-order valence-corrected chi connectivity index (χ2v) is 6.48. The van der Waals surface area contributed by atoms with Crippen LogP contribution in [0.4, 0.5) is 10.2 Å². The van der Waals surface area contributed by atoms with Crippen LogP contribution in [0.25, 0.3) is 17.0 Å². The molecule has 9 nitrogen and oxygen atoms in total. The molecular weight excluding hydrogens is 390 g/mol. The van der Waals surface area contributed by atoms with Crippen molar-refractivity contribution in [2.75, 3.05) is 5.32 Å². The van der Waals surface area contributed by atoms with Gasteiger partial charge < -0.3 is 21.1 Å². The lowest BCUT2D eigenvalue weighted by atomic mass is 9.86. The molecule has 0 fully saturated rings. The predicted molar refractivity (Wildman–Crippen MR) is 108 cm³/mol. The fraction of sp³-hybridized carbons (Fsp3) is 0.0526. The highest BCUT2D eigenvalue weighted by molar-refractivity contribution is 6.57. The number of halogens is 1. The van der Waals surface area contributed by atoms with Crippen LogP contribution < -0.4 is 16.6 Å². The van der Waals surface area contributed by atoms with Gasteiger partial charge in [-0.05, 0) is 35.9 Å². The first-order valence-corrected chi connectivity index (χ1v) is 8.92. The molecule has 1 amide bonds. The molecule has 1 aromatic carbocycles. The van der Waals surface area contributed by atoms with E-state index in [-0.39, 0.29) is 29.5 Å². The Bertz CT molecular complexity index is 1250. The van der Waals surface area contributed by atoms with E-state index in [0.29, 0.717) is 22.6 Å². The van der Waals surface area contributed by atoms with Crippen LogP contribution in [-0.2, 0) is 6.54 Å². The summed E-state index contributed by atoms with van der Waals surface area (Å²) >= 11 is 0. The largest absolute Gasteiger partial charge is 0.508 e. The SMILES string of the molecule is NC(=O)c1cccc2c(-c3nc(NCc4cccc(F)c4)cc(B(O)O)n3)ncn12. The Morgan fingerprint density at radius 2 is 1.97 bits per heavy atom. The quantitative estimate of drug-likeness (QED) is 0.338. The van der Waals surface area contributed by atoms with Gasteiger partial charge >= 0.3 is 7.12 Å². The number of anilines is 1. The van der Waals surface area contributed by atoms with E-state index in [4.69, 9.17) is 5.73 Å². The van der Waals surface area contributed by atoms with Gasteiger partial charge in [-0.15, -0.1) is 0 Å². The van der Waals surface area contributed by atoms with Gasteiger partial charge in [0.05, 0.1) is 11.1 Å². The fourth-order valence-electron chi connectivity index (χ4n) is 3.03. The van der Waals surface area contributed by atoms with Gasteiger partial charge in [0.1, 0.15) is 29.4 Å². The average Bonchev–Trinajstić information content (AvgIpc) is 3.16. The minimum atomic E-state index is -1.84. The van der Waals surface area contributed by atoms with Gasteiger partial charge in [0.15, 0.2) is 5.82 Å². The minimum Gasteiger partial charge on any atom is -0.422 e. The van der Waals surface area contributed by atoms with Gasteiger partial charge in [0.25, 0.3) is 5.91 Å². The lowest BCUT2D eigenvalue weighted by molar-refractivity contribution is 0.0994. The maximum Gasteiger partial charge on any atom is 0.508 e. The number of fused-ring (bicyclic) bond motifs is 1. The number of imidazole rings is 1. The number of rotatable bonds is 6. The van der Waals surface area contributed by atoms with Gasteiger partial charge in [-0.3, -0.25) is 9.20 Å². The Hall–Kier alpha value is -3.83. The first-order valence-electron chi connectivity index (χ1n) is 8.92. The molecular formula is C19H16BFN6O3. The number of carbonyl (C=O) groups is 1. The Kier molecular flexibility index (Phi) is 5.13. The van der Waals surface area contributed by atoms with Crippen molar-refractivity contribution in [2.45, 2.75) is 6.54 Å². The molecule has 30 heavy (non-hydrogen) atoms. The highest BCUT2D eigenvalue weighted by Crippen LogP contribution is 2.22. The molecule has 150 valence electrons. The molecule has 0 aliphatic carbocycles. The first-order chi connectivity index (χ1) is 14.4. The Morgan fingerprint density at radius 3 is 2.70 bits per heavy atom. The lowest BCUT2D eigenvalue weighted by Gasteiger charge is -2.10. The molecule has 0 aliphatic heterocycles. The monoisotopic (exact) mass is 406 g/mol. The number of nitrogens with two attached hydrogens (primary N) is 1. The number of aromatic nitrogens is 4. The summed E-state index contributed by atoms with van der Waals surface area (Å²) in [6.07, 6.45) is 1.41. The number of pyridine rings is 1. The van der Waals surface area contributed by atoms with E-state index in [1.165, 1.54) is 28.9 Å². The topological polar surface area (TPSA) is 139 Å². The number of hydrogen-bond donors (Lipinski definition) is 4. The molecule has 3 heterocycles. The molecule has 3 aromatic heterocycles. The summed E-state index contributed by atoms with van der Waals surface area (Å²) in [6, 6.07) is 12.3. The number of nitrogens with one attached hydrogen (secondary N) is 1. The van der Waals surface area contributed by atoms with Gasteiger partial charge in [-0.25, -0.2) is 19.3 Å².